The molecule has 0 saturated heterocycles. The molecule has 0 aliphatic rings. The monoisotopic (exact) mass is 389 g/mol. The van der Waals surface area contributed by atoms with E-state index in [9.17, 15) is 14.4 Å². The Kier molecular flexibility index (Phi) is 6.04. The minimum Gasteiger partial charge on any atom is -0.465 e. The topological polar surface area (TPSA) is 81.7 Å². The molecule has 0 fully saturated rings. The smallest absolute Gasteiger partial charge is 0.338 e. The van der Waals surface area contributed by atoms with Crippen LogP contribution >= 0.6 is 0 Å². The van der Waals surface area contributed by atoms with Crippen LogP contribution in [0.2, 0.25) is 0 Å². The normalized spacial score (nSPS) is 10.7. The first-order valence-corrected chi connectivity index (χ1v) is 8.81. The van der Waals surface area contributed by atoms with Gasteiger partial charge in [0.05, 0.1) is 25.3 Å². The van der Waals surface area contributed by atoms with Crippen LogP contribution in [-0.4, -0.2) is 32.1 Å². The van der Waals surface area contributed by atoms with Gasteiger partial charge in [-0.1, -0.05) is 42.5 Å². The van der Waals surface area contributed by atoms with Crippen LogP contribution in [0, 0.1) is 0 Å². The molecule has 0 radical (unpaired) electrons. The van der Waals surface area contributed by atoms with Crippen molar-refractivity contribution in [2.24, 2.45) is 0 Å². The summed E-state index contributed by atoms with van der Waals surface area (Å²) in [7, 11) is 2.43. The van der Waals surface area contributed by atoms with Crippen molar-refractivity contribution in [3.8, 4) is 0 Å². The molecule has 1 amide bonds. The van der Waals surface area contributed by atoms with Crippen LogP contribution in [0.3, 0.4) is 0 Å². The number of hydrogen-bond donors (Lipinski definition) is 1. The van der Waals surface area contributed by atoms with E-state index in [0.29, 0.717) is 5.69 Å². The van der Waals surface area contributed by atoms with Crippen LogP contribution in [0.5, 0.6) is 0 Å². The molecule has 6 heteroatoms. The molecule has 0 heterocycles. The molecule has 1 N–H and O–H groups in total. The molecular formula is C23H19NO5. The van der Waals surface area contributed by atoms with Crippen LogP contribution in [0.1, 0.15) is 26.3 Å². The summed E-state index contributed by atoms with van der Waals surface area (Å²) in [5, 5.41) is 4.79. The molecule has 6 nitrogen and oxygen atoms in total. The van der Waals surface area contributed by atoms with E-state index in [1.165, 1.54) is 38.5 Å². The highest BCUT2D eigenvalue weighted by atomic mass is 16.5. The van der Waals surface area contributed by atoms with Crippen molar-refractivity contribution in [3.05, 3.63) is 83.4 Å². The van der Waals surface area contributed by atoms with Crippen molar-refractivity contribution in [1.29, 1.82) is 0 Å². The molecule has 0 unspecified atom stereocenters. The predicted octanol–water partition coefficient (Wildman–Crippen LogP) is 4.06. The number of amides is 1. The van der Waals surface area contributed by atoms with E-state index < -0.39 is 11.9 Å². The van der Waals surface area contributed by atoms with Crippen LogP contribution in [0.15, 0.2) is 66.7 Å². The van der Waals surface area contributed by atoms with E-state index in [1.54, 1.807) is 6.08 Å². The number of hydrogen-bond acceptors (Lipinski definition) is 5. The second kappa shape index (κ2) is 8.84. The molecule has 0 saturated carbocycles. The third-order valence-corrected chi connectivity index (χ3v) is 4.34. The molecule has 0 spiro atoms. The maximum absolute atomic E-state index is 12.3. The van der Waals surface area contributed by atoms with Crippen molar-refractivity contribution in [2.75, 3.05) is 19.5 Å². The Morgan fingerprint density at radius 1 is 0.828 bits per heavy atom. The molecule has 3 aromatic carbocycles. The molecule has 0 atom stereocenters. The second-order valence-corrected chi connectivity index (χ2v) is 6.13. The number of ether oxygens (including phenoxy) is 2. The molecule has 146 valence electrons. The number of fused-ring (bicyclic) bond motifs is 1. The van der Waals surface area contributed by atoms with Gasteiger partial charge in [0, 0.05) is 11.8 Å². The molecule has 0 aliphatic carbocycles. The van der Waals surface area contributed by atoms with Gasteiger partial charge in [-0.3, -0.25) is 4.79 Å². The molecule has 3 aromatic rings. The van der Waals surface area contributed by atoms with E-state index in [4.69, 9.17) is 4.74 Å². The van der Waals surface area contributed by atoms with Crippen LogP contribution in [-0.2, 0) is 14.3 Å². The number of methoxy groups -OCH3 is 2. The first kappa shape index (κ1) is 19.8. The third-order valence-electron chi connectivity index (χ3n) is 4.34. The van der Waals surface area contributed by atoms with Crippen molar-refractivity contribution >= 4 is 40.4 Å². The summed E-state index contributed by atoms with van der Waals surface area (Å²) in [6.45, 7) is 0. The van der Waals surface area contributed by atoms with E-state index in [2.05, 4.69) is 10.1 Å². The van der Waals surface area contributed by atoms with Gasteiger partial charge < -0.3 is 14.8 Å². The molecule has 0 aliphatic heterocycles. The SMILES string of the molecule is COC(=O)c1ccc(NC(=O)/C=C/c2cccc3ccccc23)cc1C(=O)OC. The number of carbonyl (C=O) groups excluding carboxylic acids is 3. The van der Waals surface area contributed by atoms with Gasteiger partial charge in [0.1, 0.15) is 0 Å². The number of esters is 2. The molecule has 0 aromatic heterocycles. The fraction of sp³-hybridized carbons (Fsp3) is 0.0870. The minimum atomic E-state index is -0.701. The summed E-state index contributed by atoms with van der Waals surface area (Å²) < 4.78 is 9.37. The number of benzene rings is 3. The van der Waals surface area contributed by atoms with Gasteiger partial charge in [-0.05, 0) is 40.6 Å². The lowest BCUT2D eigenvalue weighted by Crippen LogP contribution is -2.14. The summed E-state index contributed by atoms with van der Waals surface area (Å²) in [5.74, 6) is -1.74. The zero-order chi connectivity index (χ0) is 20.8. The Hall–Kier alpha value is -3.93. The van der Waals surface area contributed by atoms with Crippen LogP contribution in [0.4, 0.5) is 5.69 Å². The summed E-state index contributed by atoms with van der Waals surface area (Å²) in [6.07, 6.45) is 3.13. The Balaban J connectivity index is 1.82. The summed E-state index contributed by atoms with van der Waals surface area (Å²) in [6, 6.07) is 18.0. The minimum absolute atomic E-state index is 0.00943. The second-order valence-electron chi connectivity index (χ2n) is 6.13. The first-order valence-electron chi connectivity index (χ1n) is 8.81. The van der Waals surface area contributed by atoms with E-state index in [-0.39, 0.29) is 17.0 Å². The van der Waals surface area contributed by atoms with Crippen molar-refractivity contribution < 1.29 is 23.9 Å². The van der Waals surface area contributed by atoms with Gasteiger partial charge in [-0.25, -0.2) is 9.59 Å². The third kappa shape index (κ3) is 4.50. The highest BCUT2D eigenvalue weighted by Gasteiger charge is 2.19. The Morgan fingerprint density at radius 2 is 1.52 bits per heavy atom. The number of nitrogens with one attached hydrogen (secondary N) is 1. The fourth-order valence-electron chi connectivity index (χ4n) is 2.93. The summed E-state index contributed by atoms with van der Waals surface area (Å²) >= 11 is 0. The van der Waals surface area contributed by atoms with Crippen LogP contribution < -0.4 is 5.32 Å². The van der Waals surface area contributed by atoms with Gasteiger partial charge in [0.15, 0.2) is 0 Å². The lowest BCUT2D eigenvalue weighted by molar-refractivity contribution is -0.111. The molecule has 29 heavy (non-hydrogen) atoms. The van der Waals surface area contributed by atoms with E-state index in [0.717, 1.165) is 16.3 Å². The number of carbonyl (C=O) groups is 3. The molecular weight excluding hydrogens is 370 g/mol. The summed E-state index contributed by atoms with van der Waals surface area (Å²) in [5.41, 5.74) is 1.33. The fourth-order valence-corrected chi connectivity index (χ4v) is 2.93. The number of rotatable bonds is 5. The van der Waals surface area contributed by atoms with Crippen molar-refractivity contribution in [2.45, 2.75) is 0 Å². The van der Waals surface area contributed by atoms with Gasteiger partial charge in [-0.15, -0.1) is 0 Å². The van der Waals surface area contributed by atoms with Crippen LogP contribution in [0.25, 0.3) is 16.8 Å². The predicted molar refractivity (Wildman–Crippen MR) is 111 cm³/mol. The zero-order valence-electron chi connectivity index (χ0n) is 16.0. The van der Waals surface area contributed by atoms with Gasteiger partial charge in [-0.2, -0.15) is 0 Å². The summed E-state index contributed by atoms with van der Waals surface area (Å²) in [4.78, 5) is 36.1. The Bertz CT molecular complexity index is 1110. The zero-order valence-corrected chi connectivity index (χ0v) is 16.0. The largest absolute Gasteiger partial charge is 0.465 e. The van der Waals surface area contributed by atoms with E-state index >= 15 is 0 Å². The quantitative estimate of drug-likeness (QED) is 0.526. The average molecular weight is 389 g/mol. The lowest BCUT2D eigenvalue weighted by atomic mass is 10.0. The lowest BCUT2D eigenvalue weighted by Gasteiger charge is -2.09. The van der Waals surface area contributed by atoms with Gasteiger partial charge in [0.2, 0.25) is 5.91 Å². The standard InChI is InChI=1S/C23H19NO5/c1-28-22(26)19-12-11-17(14-20(19)23(27)29-2)24-21(25)13-10-16-8-5-7-15-6-3-4-9-18(15)16/h3-14H,1-2H3,(H,24,25)/b13-10+. The molecule has 3 rings (SSSR count). The van der Waals surface area contributed by atoms with Crippen molar-refractivity contribution in [1.82, 2.24) is 0 Å². The van der Waals surface area contributed by atoms with E-state index in [1.807, 2.05) is 42.5 Å². The molecule has 0 bridgehead atoms. The highest BCUT2D eigenvalue weighted by molar-refractivity contribution is 6.07. The van der Waals surface area contributed by atoms with Gasteiger partial charge >= 0.3 is 11.9 Å². The number of anilines is 1. The first-order chi connectivity index (χ1) is 14.0. The van der Waals surface area contributed by atoms with Crippen molar-refractivity contribution in [3.63, 3.8) is 0 Å². The van der Waals surface area contributed by atoms with Gasteiger partial charge in [0.25, 0.3) is 0 Å². The Morgan fingerprint density at radius 3 is 2.28 bits per heavy atom. The maximum Gasteiger partial charge on any atom is 0.338 e. The average Bonchev–Trinajstić information content (AvgIpc) is 2.76. The highest BCUT2D eigenvalue weighted by Crippen LogP contribution is 2.20. The maximum atomic E-state index is 12.3. The Labute approximate surface area is 167 Å².